The van der Waals surface area contributed by atoms with E-state index >= 15 is 0 Å². The number of nitrogens with zero attached hydrogens (tertiary/aromatic N) is 1. The monoisotopic (exact) mass is 300 g/mol. The van der Waals surface area contributed by atoms with Crippen molar-refractivity contribution in [3.8, 4) is 11.3 Å². The van der Waals surface area contributed by atoms with Crippen molar-refractivity contribution in [2.75, 3.05) is 0 Å². The Morgan fingerprint density at radius 2 is 2.00 bits per heavy atom. The van der Waals surface area contributed by atoms with Crippen LogP contribution in [-0.4, -0.2) is 4.98 Å². The standard InChI is InChI=1S/C16H16N2S2/c1-12(14-7-8-19-10-14)17-9-16-18-15(11-20-16)13-5-3-2-4-6-13/h2-8,10-12,17H,9H2,1H3. The summed E-state index contributed by atoms with van der Waals surface area (Å²) in [4.78, 5) is 4.69. The molecule has 0 aliphatic carbocycles. The van der Waals surface area contributed by atoms with Crippen molar-refractivity contribution in [1.29, 1.82) is 0 Å². The summed E-state index contributed by atoms with van der Waals surface area (Å²) in [6, 6.07) is 12.8. The molecule has 4 heteroatoms. The van der Waals surface area contributed by atoms with Crippen LogP contribution in [0.2, 0.25) is 0 Å². The number of hydrogen-bond donors (Lipinski definition) is 1. The summed E-state index contributed by atoms with van der Waals surface area (Å²) in [5.41, 5.74) is 3.59. The fourth-order valence-electron chi connectivity index (χ4n) is 2.01. The van der Waals surface area contributed by atoms with Crippen LogP contribution in [-0.2, 0) is 6.54 Å². The molecule has 2 nitrogen and oxygen atoms in total. The molecule has 3 rings (SSSR count). The predicted molar refractivity (Wildman–Crippen MR) is 87.1 cm³/mol. The molecule has 20 heavy (non-hydrogen) atoms. The SMILES string of the molecule is CC(NCc1nc(-c2ccccc2)cs1)c1ccsc1. The smallest absolute Gasteiger partial charge is 0.107 e. The van der Waals surface area contributed by atoms with Gasteiger partial charge in [-0.05, 0) is 29.3 Å². The topological polar surface area (TPSA) is 24.9 Å². The highest BCUT2D eigenvalue weighted by atomic mass is 32.1. The number of hydrogen-bond acceptors (Lipinski definition) is 4. The second-order valence-electron chi connectivity index (χ2n) is 4.65. The molecular formula is C16H16N2S2. The van der Waals surface area contributed by atoms with Gasteiger partial charge in [0.1, 0.15) is 5.01 Å². The quantitative estimate of drug-likeness (QED) is 0.737. The first-order valence-electron chi connectivity index (χ1n) is 6.58. The van der Waals surface area contributed by atoms with Crippen molar-refractivity contribution in [1.82, 2.24) is 10.3 Å². The zero-order chi connectivity index (χ0) is 13.8. The summed E-state index contributed by atoms with van der Waals surface area (Å²) in [5.74, 6) is 0. The first kappa shape index (κ1) is 13.5. The van der Waals surface area contributed by atoms with Crippen molar-refractivity contribution < 1.29 is 0 Å². The largest absolute Gasteiger partial charge is 0.304 e. The Kier molecular flexibility index (Phi) is 4.25. The number of benzene rings is 1. The Labute approximate surface area is 127 Å². The lowest BCUT2D eigenvalue weighted by molar-refractivity contribution is 0.575. The molecule has 0 aliphatic rings. The van der Waals surface area contributed by atoms with Gasteiger partial charge in [0.15, 0.2) is 0 Å². The molecule has 2 heterocycles. The van der Waals surface area contributed by atoms with Gasteiger partial charge in [0.05, 0.1) is 5.69 Å². The normalized spacial score (nSPS) is 12.4. The Morgan fingerprint density at radius 3 is 2.75 bits per heavy atom. The third-order valence-corrected chi connectivity index (χ3v) is 4.77. The maximum atomic E-state index is 4.69. The lowest BCUT2D eigenvalue weighted by Crippen LogP contribution is -2.17. The first-order valence-corrected chi connectivity index (χ1v) is 8.40. The van der Waals surface area contributed by atoms with E-state index in [9.17, 15) is 0 Å². The van der Waals surface area contributed by atoms with Crippen LogP contribution in [0.1, 0.15) is 23.5 Å². The second kappa shape index (κ2) is 6.31. The molecule has 0 bridgehead atoms. The van der Waals surface area contributed by atoms with Crippen LogP contribution < -0.4 is 5.32 Å². The number of nitrogens with one attached hydrogen (secondary N) is 1. The second-order valence-corrected chi connectivity index (χ2v) is 6.37. The summed E-state index contributed by atoms with van der Waals surface area (Å²) < 4.78 is 0. The molecule has 102 valence electrons. The third kappa shape index (κ3) is 3.15. The van der Waals surface area contributed by atoms with Crippen LogP contribution >= 0.6 is 22.7 Å². The molecule has 1 unspecified atom stereocenters. The minimum atomic E-state index is 0.366. The van der Waals surface area contributed by atoms with Gasteiger partial charge >= 0.3 is 0 Å². The molecule has 0 amide bonds. The van der Waals surface area contributed by atoms with Crippen molar-refractivity contribution >= 4 is 22.7 Å². The van der Waals surface area contributed by atoms with Gasteiger partial charge in [-0.1, -0.05) is 30.3 Å². The summed E-state index contributed by atoms with van der Waals surface area (Å²) in [6.07, 6.45) is 0. The van der Waals surface area contributed by atoms with Gasteiger partial charge in [0, 0.05) is 23.5 Å². The molecule has 3 aromatic rings. The molecule has 0 saturated carbocycles. The maximum absolute atomic E-state index is 4.69. The van der Waals surface area contributed by atoms with Gasteiger partial charge in [-0.3, -0.25) is 0 Å². The van der Waals surface area contributed by atoms with Crippen LogP contribution in [0, 0.1) is 0 Å². The highest BCUT2D eigenvalue weighted by molar-refractivity contribution is 7.10. The minimum absolute atomic E-state index is 0.366. The lowest BCUT2D eigenvalue weighted by atomic mass is 10.2. The van der Waals surface area contributed by atoms with E-state index in [-0.39, 0.29) is 0 Å². The van der Waals surface area contributed by atoms with Crippen LogP contribution in [0.25, 0.3) is 11.3 Å². The van der Waals surface area contributed by atoms with Gasteiger partial charge in [-0.15, -0.1) is 11.3 Å². The Balaban J connectivity index is 1.63. The zero-order valence-electron chi connectivity index (χ0n) is 11.2. The van der Waals surface area contributed by atoms with Crippen LogP contribution in [0.4, 0.5) is 0 Å². The Hall–Kier alpha value is -1.49. The van der Waals surface area contributed by atoms with Crippen molar-refractivity contribution in [3.05, 3.63) is 63.1 Å². The summed E-state index contributed by atoms with van der Waals surface area (Å²) in [7, 11) is 0. The fraction of sp³-hybridized carbons (Fsp3) is 0.188. The lowest BCUT2D eigenvalue weighted by Gasteiger charge is -2.10. The average molecular weight is 300 g/mol. The van der Waals surface area contributed by atoms with E-state index in [1.54, 1.807) is 22.7 Å². The van der Waals surface area contributed by atoms with Crippen molar-refractivity contribution in [2.24, 2.45) is 0 Å². The number of thiophene rings is 1. The Bertz CT molecular complexity index is 644. The summed E-state index contributed by atoms with van der Waals surface area (Å²) >= 11 is 3.45. The average Bonchev–Trinajstić information content (AvgIpc) is 3.17. The molecular weight excluding hydrogens is 284 g/mol. The molecule has 1 N–H and O–H groups in total. The first-order chi connectivity index (χ1) is 9.83. The highest BCUT2D eigenvalue weighted by Crippen LogP contribution is 2.22. The van der Waals surface area contributed by atoms with Crippen LogP contribution in [0.5, 0.6) is 0 Å². The van der Waals surface area contributed by atoms with Gasteiger partial charge in [-0.25, -0.2) is 4.98 Å². The van der Waals surface area contributed by atoms with Crippen LogP contribution in [0.3, 0.4) is 0 Å². The molecule has 1 aromatic carbocycles. The minimum Gasteiger partial charge on any atom is -0.304 e. The number of aromatic nitrogens is 1. The third-order valence-electron chi connectivity index (χ3n) is 3.22. The van der Waals surface area contributed by atoms with E-state index in [4.69, 9.17) is 4.98 Å². The van der Waals surface area contributed by atoms with Crippen molar-refractivity contribution in [3.63, 3.8) is 0 Å². The fourth-order valence-corrected chi connectivity index (χ4v) is 3.52. The molecule has 0 aliphatic heterocycles. The van der Waals surface area contributed by atoms with Crippen LogP contribution in [0.15, 0.2) is 52.5 Å². The van der Waals surface area contributed by atoms with E-state index in [1.165, 1.54) is 11.1 Å². The molecule has 0 fully saturated rings. The number of thiazole rings is 1. The van der Waals surface area contributed by atoms with E-state index in [2.05, 4.69) is 46.6 Å². The Morgan fingerprint density at radius 1 is 1.15 bits per heavy atom. The molecule has 0 spiro atoms. The van der Waals surface area contributed by atoms with E-state index < -0.39 is 0 Å². The molecule has 0 radical (unpaired) electrons. The van der Waals surface area contributed by atoms with Crippen molar-refractivity contribution in [2.45, 2.75) is 19.5 Å². The van der Waals surface area contributed by atoms with Gasteiger partial charge in [0.25, 0.3) is 0 Å². The number of rotatable bonds is 5. The molecule has 2 aromatic heterocycles. The van der Waals surface area contributed by atoms with Gasteiger partial charge in [-0.2, -0.15) is 11.3 Å². The van der Waals surface area contributed by atoms with Gasteiger partial charge < -0.3 is 5.32 Å². The zero-order valence-corrected chi connectivity index (χ0v) is 12.9. The highest BCUT2D eigenvalue weighted by Gasteiger charge is 2.08. The van der Waals surface area contributed by atoms with Gasteiger partial charge in [0.2, 0.25) is 0 Å². The van der Waals surface area contributed by atoms with E-state index in [0.717, 1.165) is 17.2 Å². The molecule has 1 atom stereocenters. The van der Waals surface area contributed by atoms with E-state index in [1.807, 2.05) is 18.2 Å². The summed E-state index contributed by atoms with van der Waals surface area (Å²) in [6.45, 7) is 3.00. The predicted octanol–water partition coefficient (Wildman–Crippen LogP) is 4.72. The summed E-state index contributed by atoms with van der Waals surface area (Å²) in [5, 5.41) is 11.1. The maximum Gasteiger partial charge on any atom is 0.107 e. The van der Waals surface area contributed by atoms with E-state index in [0.29, 0.717) is 6.04 Å². The molecule has 0 saturated heterocycles.